The molecular formula is C28H41FN4O8S. The fourth-order valence-electron chi connectivity index (χ4n) is 3.60. The Bertz CT molecular complexity index is 1200. The number of anilines is 1. The summed E-state index contributed by atoms with van der Waals surface area (Å²) in [6.07, 6.45) is -2.71. The quantitative estimate of drug-likeness (QED) is 0.135. The average Bonchev–Trinajstić information content (AvgIpc) is 3.23. The van der Waals surface area contributed by atoms with E-state index in [1.807, 2.05) is 0 Å². The number of benzene rings is 1. The first-order chi connectivity index (χ1) is 19.3. The Kier molecular flexibility index (Phi) is 11.8. The molecule has 42 heavy (non-hydrogen) atoms. The van der Waals surface area contributed by atoms with E-state index in [0.717, 1.165) is 22.7 Å². The summed E-state index contributed by atoms with van der Waals surface area (Å²) in [4.78, 5) is 51.0. The molecule has 1 aliphatic rings. The molecule has 1 aliphatic heterocycles. The number of hydrogen-bond donors (Lipinski definition) is 2. The second-order valence-corrected chi connectivity index (χ2v) is 13.0. The lowest BCUT2D eigenvalue weighted by Gasteiger charge is -2.24. The predicted molar refractivity (Wildman–Crippen MR) is 157 cm³/mol. The van der Waals surface area contributed by atoms with Crippen LogP contribution in [-0.4, -0.2) is 70.9 Å². The van der Waals surface area contributed by atoms with E-state index < -0.39 is 58.5 Å². The minimum atomic E-state index is -1.24. The molecule has 1 heterocycles. The minimum absolute atomic E-state index is 0.0227. The molecule has 2 amide bonds. The van der Waals surface area contributed by atoms with Gasteiger partial charge in [-0.3, -0.25) is 14.5 Å². The molecule has 3 atom stereocenters. The lowest BCUT2D eigenvalue weighted by atomic mass is 10.1. The van der Waals surface area contributed by atoms with Crippen LogP contribution in [0.5, 0.6) is 0 Å². The lowest BCUT2D eigenvalue weighted by molar-refractivity contribution is -0.158. The zero-order valence-electron chi connectivity index (χ0n) is 25.5. The van der Waals surface area contributed by atoms with Gasteiger partial charge in [0.1, 0.15) is 39.5 Å². The highest BCUT2D eigenvalue weighted by atomic mass is 32.2. The van der Waals surface area contributed by atoms with Gasteiger partial charge >= 0.3 is 24.1 Å². The summed E-state index contributed by atoms with van der Waals surface area (Å²) in [5.74, 6) is -2.29. The van der Waals surface area contributed by atoms with Gasteiger partial charge in [0.25, 0.3) is 0 Å². The van der Waals surface area contributed by atoms with Gasteiger partial charge < -0.3 is 24.7 Å². The Labute approximate surface area is 249 Å². The van der Waals surface area contributed by atoms with Crippen molar-refractivity contribution in [2.45, 2.75) is 90.9 Å². The van der Waals surface area contributed by atoms with Gasteiger partial charge in [-0.2, -0.15) is 5.10 Å². The third kappa shape index (κ3) is 10.2. The van der Waals surface area contributed by atoms with Crippen LogP contribution in [0.4, 0.5) is 19.7 Å². The van der Waals surface area contributed by atoms with E-state index >= 15 is 4.39 Å². The largest absolute Gasteiger partial charge is 0.465 e. The normalized spacial score (nSPS) is 17.4. The molecule has 1 fully saturated rings. The number of ether oxygens (including phenoxy) is 4. The van der Waals surface area contributed by atoms with E-state index in [2.05, 4.69) is 10.5 Å². The molecule has 0 spiro atoms. The third-order valence-electron chi connectivity index (χ3n) is 5.42. The highest BCUT2D eigenvalue weighted by molar-refractivity contribution is 8.15. The third-order valence-corrected chi connectivity index (χ3v) is 6.95. The summed E-state index contributed by atoms with van der Waals surface area (Å²) in [6, 6.07) is 2.63. The zero-order chi connectivity index (χ0) is 32.0. The molecule has 2 rings (SSSR count). The Balaban J connectivity index is 2.36. The van der Waals surface area contributed by atoms with Crippen molar-refractivity contribution < 1.29 is 42.5 Å². The number of hydrazone groups is 1. The van der Waals surface area contributed by atoms with Crippen molar-refractivity contribution in [3.8, 4) is 0 Å². The molecule has 1 aromatic rings. The molecule has 0 aliphatic carbocycles. The molecule has 14 heteroatoms. The fraction of sp³-hybridized carbons (Fsp3) is 0.607. The number of amides is 2. The van der Waals surface area contributed by atoms with Gasteiger partial charge in [-0.15, -0.1) is 0 Å². The molecule has 1 saturated heterocycles. The number of thioether (sulfide) groups is 1. The van der Waals surface area contributed by atoms with Gasteiger partial charge in [-0.05, 0) is 72.6 Å². The molecule has 0 saturated carbocycles. The number of nitrogens with one attached hydrogen (secondary N) is 1. The number of carbonyl (C=O) groups is 4. The molecule has 0 aromatic heterocycles. The molecule has 234 valence electrons. The Morgan fingerprint density at radius 2 is 1.76 bits per heavy atom. The molecule has 0 bridgehead atoms. The van der Waals surface area contributed by atoms with Gasteiger partial charge in [0, 0.05) is 5.56 Å². The van der Waals surface area contributed by atoms with Crippen LogP contribution >= 0.6 is 11.8 Å². The standard InChI is InChI=1S/C28H41FN4O8S/c1-10-38-24(35)21(15(2)3)42-22(31-32-25(36)41-28(7,8)9)17-12-11-16(13-18(17)29)33-14-19(39-26(33)37)20(30)23(34)40-27(4,5)6/h11-13,15,19-21H,10,14,30H2,1-9H3,(H,32,36)/b31-22+/t19?,20-,21?/m0/s1. The van der Waals surface area contributed by atoms with Crippen LogP contribution in [0, 0.1) is 11.7 Å². The highest BCUT2D eigenvalue weighted by Crippen LogP contribution is 2.30. The van der Waals surface area contributed by atoms with E-state index in [4.69, 9.17) is 24.7 Å². The average molecular weight is 613 g/mol. The summed E-state index contributed by atoms with van der Waals surface area (Å²) in [5.41, 5.74) is 6.72. The van der Waals surface area contributed by atoms with Crippen molar-refractivity contribution in [1.29, 1.82) is 0 Å². The number of hydrogen-bond acceptors (Lipinski definition) is 11. The van der Waals surface area contributed by atoms with Crippen LogP contribution in [-0.2, 0) is 28.5 Å². The zero-order valence-corrected chi connectivity index (χ0v) is 26.3. The summed E-state index contributed by atoms with van der Waals surface area (Å²) in [7, 11) is 0. The lowest BCUT2D eigenvalue weighted by Crippen LogP contribution is -2.47. The maximum Gasteiger partial charge on any atom is 0.428 e. The van der Waals surface area contributed by atoms with Gasteiger partial charge in [0.05, 0.1) is 18.8 Å². The van der Waals surface area contributed by atoms with Gasteiger partial charge in [0.15, 0.2) is 0 Å². The predicted octanol–water partition coefficient (Wildman–Crippen LogP) is 4.33. The van der Waals surface area contributed by atoms with E-state index in [0.29, 0.717) is 0 Å². The second kappa shape index (κ2) is 14.2. The Morgan fingerprint density at radius 3 is 2.29 bits per heavy atom. The number of cyclic esters (lactones) is 1. The van der Waals surface area contributed by atoms with Crippen LogP contribution in [0.2, 0.25) is 0 Å². The van der Waals surface area contributed by atoms with E-state index in [1.54, 1.807) is 62.3 Å². The first-order valence-electron chi connectivity index (χ1n) is 13.5. The highest BCUT2D eigenvalue weighted by Gasteiger charge is 2.41. The summed E-state index contributed by atoms with van der Waals surface area (Å²) in [6.45, 7) is 15.4. The minimum Gasteiger partial charge on any atom is -0.465 e. The van der Waals surface area contributed by atoms with Crippen LogP contribution in [0.3, 0.4) is 0 Å². The van der Waals surface area contributed by atoms with Gasteiger partial charge in [-0.25, -0.2) is 19.4 Å². The monoisotopic (exact) mass is 612 g/mol. The summed E-state index contributed by atoms with van der Waals surface area (Å²) >= 11 is 0.916. The van der Waals surface area contributed by atoms with E-state index in [1.165, 1.54) is 12.1 Å². The first-order valence-corrected chi connectivity index (χ1v) is 14.4. The molecule has 0 radical (unpaired) electrons. The van der Waals surface area contributed by atoms with Crippen LogP contribution in [0.25, 0.3) is 0 Å². The van der Waals surface area contributed by atoms with Crippen molar-refractivity contribution in [2.75, 3.05) is 18.1 Å². The summed E-state index contributed by atoms with van der Waals surface area (Å²) < 4.78 is 36.5. The number of esters is 2. The molecule has 12 nitrogen and oxygen atoms in total. The Morgan fingerprint density at radius 1 is 1.14 bits per heavy atom. The molecule has 2 unspecified atom stereocenters. The first kappa shape index (κ1) is 34.8. The van der Waals surface area contributed by atoms with Gasteiger partial charge in [-0.1, -0.05) is 25.6 Å². The number of nitrogens with zero attached hydrogens (tertiary/aromatic N) is 2. The topological polar surface area (TPSA) is 159 Å². The number of rotatable bonds is 9. The van der Waals surface area contributed by atoms with E-state index in [-0.39, 0.29) is 35.4 Å². The maximum atomic E-state index is 15.6. The van der Waals surface area contributed by atoms with Crippen molar-refractivity contribution in [3.63, 3.8) is 0 Å². The van der Waals surface area contributed by atoms with Crippen molar-refractivity contribution in [3.05, 3.63) is 29.6 Å². The molecule has 1 aromatic carbocycles. The van der Waals surface area contributed by atoms with Crippen LogP contribution < -0.4 is 16.1 Å². The summed E-state index contributed by atoms with van der Waals surface area (Å²) in [5, 5.41) is 3.27. The van der Waals surface area contributed by atoms with E-state index in [9.17, 15) is 19.2 Å². The number of nitrogens with two attached hydrogens (primary N) is 1. The van der Waals surface area contributed by atoms with Crippen molar-refractivity contribution in [2.24, 2.45) is 16.8 Å². The molecular weight excluding hydrogens is 571 g/mol. The fourth-order valence-corrected chi connectivity index (χ4v) is 4.67. The van der Waals surface area contributed by atoms with Gasteiger partial charge in [0.2, 0.25) is 0 Å². The van der Waals surface area contributed by atoms with Crippen LogP contribution in [0.1, 0.15) is 67.9 Å². The van der Waals surface area contributed by atoms with Crippen molar-refractivity contribution >= 4 is 46.6 Å². The smallest absolute Gasteiger partial charge is 0.428 e. The van der Waals surface area contributed by atoms with Crippen LogP contribution in [0.15, 0.2) is 23.3 Å². The SMILES string of the molecule is CCOC(=O)C(S/C(=N/NC(=O)OC(C)(C)C)c1ccc(N2CC([C@H](N)C(=O)OC(C)(C)C)OC2=O)cc1F)C(C)C. The second-order valence-electron chi connectivity index (χ2n) is 11.8. The maximum absolute atomic E-state index is 15.6. The number of carbonyl (C=O) groups excluding carboxylic acids is 4. The van der Waals surface area contributed by atoms with Crippen molar-refractivity contribution in [1.82, 2.24) is 5.43 Å². The number of halogens is 1. The Hall–Kier alpha value is -3.39. The molecule has 3 N–H and O–H groups in total.